The van der Waals surface area contributed by atoms with Crippen molar-refractivity contribution >= 4 is 11.6 Å². The summed E-state index contributed by atoms with van der Waals surface area (Å²) in [6.45, 7) is 2.61. The highest BCUT2D eigenvalue weighted by molar-refractivity contribution is 5.48. The summed E-state index contributed by atoms with van der Waals surface area (Å²) < 4.78 is 0. The molecule has 0 unspecified atom stereocenters. The van der Waals surface area contributed by atoms with Gasteiger partial charge in [0, 0.05) is 26.4 Å². The van der Waals surface area contributed by atoms with Crippen LogP contribution in [0, 0.1) is 6.92 Å². The quantitative estimate of drug-likeness (QED) is 0.888. The number of rotatable bonds is 4. The first-order valence-corrected chi connectivity index (χ1v) is 5.83. The van der Waals surface area contributed by atoms with E-state index in [1.165, 1.54) is 0 Å². The molecule has 0 saturated carbocycles. The maximum atomic E-state index is 4.42. The Morgan fingerprint density at radius 3 is 2.78 bits per heavy atom. The Kier molecular flexibility index (Phi) is 3.72. The predicted octanol–water partition coefficient (Wildman–Crippen LogP) is 1.86. The van der Waals surface area contributed by atoms with E-state index in [0.717, 1.165) is 29.7 Å². The number of hydrogen-bond donors (Lipinski definition) is 1. The molecule has 5 heteroatoms. The number of nitrogens with zero attached hydrogens (tertiary/aromatic N) is 4. The summed E-state index contributed by atoms with van der Waals surface area (Å²) in [4.78, 5) is 15.1. The van der Waals surface area contributed by atoms with E-state index in [2.05, 4.69) is 25.2 Å². The lowest BCUT2D eigenvalue weighted by molar-refractivity contribution is 0.853. The van der Waals surface area contributed by atoms with Gasteiger partial charge in [0.1, 0.15) is 17.5 Å². The van der Waals surface area contributed by atoms with E-state index in [1.807, 2.05) is 45.3 Å². The van der Waals surface area contributed by atoms with Gasteiger partial charge in [-0.1, -0.05) is 6.07 Å². The molecule has 5 nitrogen and oxygen atoms in total. The topological polar surface area (TPSA) is 53.9 Å². The molecule has 0 saturated heterocycles. The van der Waals surface area contributed by atoms with Crippen LogP contribution in [0.25, 0.3) is 0 Å². The van der Waals surface area contributed by atoms with E-state index in [0.29, 0.717) is 0 Å². The van der Waals surface area contributed by atoms with Gasteiger partial charge >= 0.3 is 0 Å². The zero-order valence-electron chi connectivity index (χ0n) is 10.9. The van der Waals surface area contributed by atoms with Gasteiger partial charge in [-0.3, -0.25) is 4.98 Å². The van der Waals surface area contributed by atoms with Gasteiger partial charge in [0.05, 0.1) is 12.2 Å². The number of aromatic nitrogens is 3. The molecule has 0 radical (unpaired) electrons. The summed E-state index contributed by atoms with van der Waals surface area (Å²) in [5.74, 6) is 2.47. The summed E-state index contributed by atoms with van der Waals surface area (Å²) in [6, 6.07) is 7.83. The van der Waals surface area contributed by atoms with Crippen molar-refractivity contribution in [1.29, 1.82) is 0 Å². The van der Waals surface area contributed by atoms with Crippen molar-refractivity contribution in [2.75, 3.05) is 24.3 Å². The zero-order valence-corrected chi connectivity index (χ0v) is 10.9. The molecule has 0 aliphatic heterocycles. The van der Waals surface area contributed by atoms with Crippen molar-refractivity contribution < 1.29 is 0 Å². The molecular weight excluding hydrogens is 226 g/mol. The van der Waals surface area contributed by atoms with Gasteiger partial charge < -0.3 is 10.2 Å². The number of anilines is 2. The molecule has 2 heterocycles. The number of hydrogen-bond acceptors (Lipinski definition) is 5. The van der Waals surface area contributed by atoms with Gasteiger partial charge in [0.15, 0.2) is 0 Å². The first-order chi connectivity index (χ1) is 8.69. The minimum atomic E-state index is 0.723. The molecule has 1 N–H and O–H groups in total. The van der Waals surface area contributed by atoms with Crippen molar-refractivity contribution in [3.05, 3.63) is 42.0 Å². The monoisotopic (exact) mass is 243 g/mol. The Labute approximate surface area is 107 Å². The third kappa shape index (κ3) is 2.94. The molecule has 0 aliphatic rings. The minimum absolute atomic E-state index is 0.723. The van der Waals surface area contributed by atoms with Gasteiger partial charge in [-0.15, -0.1) is 0 Å². The summed E-state index contributed by atoms with van der Waals surface area (Å²) >= 11 is 0. The van der Waals surface area contributed by atoms with Crippen molar-refractivity contribution in [1.82, 2.24) is 15.0 Å². The average Bonchev–Trinajstić information content (AvgIpc) is 2.39. The third-order valence-corrected chi connectivity index (χ3v) is 2.60. The van der Waals surface area contributed by atoms with E-state index >= 15 is 0 Å². The lowest BCUT2D eigenvalue weighted by atomic mass is 10.3. The van der Waals surface area contributed by atoms with Crippen molar-refractivity contribution in [3.8, 4) is 0 Å². The van der Waals surface area contributed by atoms with Crippen LogP contribution in [0.3, 0.4) is 0 Å². The standard InChI is InChI=1S/C13H17N5/c1-10-16-12(14-2)8-13(17-10)18(3)9-11-6-4-5-7-15-11/h4-8H,9H2,1-3H3,(H,14,16,17). The molecule has 0 bridgehead atoms. The predicted molar refractivity (Wildman–Crippen MR) is 72.7 cm³/mol. The maximum Gasteiger partial charge on any atom is 0.134 e. The highest BCUT2D eigenvalue weighted by Crippen LogP contribution is 2.15. The Morgan fingerprint density at radius 1 is 1.28 bits per heavy atom. The highest BCUT2D eigenvalue weighted by atomic mass is 15.2. The Morgan fingerprint density at radius 2 is 2.11 bits per heavy atom. The maximum absolute atomic E-state index is 4.42. The van der Waals surface area contributed by atoms with Crippen LogP contribution in [-0.2, 0) is 6.54 Å². The Balaban J connectivity index is 2.18. The molecule has 2 aromatic heterocycles. The molecule has 0 aromatic carbocycles. The number of pyridine rings is 1. The van der Waals surface area contributed by atoms with Crippen LogP contribution < -0.4 is 10.2 Å². The number of aryl methyl sites for hydroxylation is 1. The fourth-order valence-electron chi connectivity index (χ4n) is 1.69. The van der Waals surface area contributed by atoms with E-state index < -0.39 is 0 Å². The van der Waals surface area contributed by atoms with Crippen molar-refractivity contribution in [2.45, 2.75) is 13.5 Å². The van der Waals surface area contributed by atoms with Crippen LogP contribution in [0.1, 0.15) is 11.5 Å². The van der Waals surface area contributed by atoms with Crippen LogP contribution in [0.2, 0.25) is 0 Å². The van der Waals surface area contributed by atoms with Gasteiger partial charge in [-0.2, -0.15) is 0 Å². The van der Waals surface area contributed by atoms with Crippen LogP contribution in [0.15, 0.2) is 30.5 Å². The molecule has 2 rings (SSSR count). The van der Waals surface area contributed by atoms with Crippen LogP contribution in [-0.4, -0.2) is 29.0 Å². The van der Waals surface area contributed by atoms with Crippen LogP contribution >= 0.6 is 0 Å². The second kappa shape index (κ2) is 5.44. The SMILES string of the molecule is CNc1cc(N(C)Cc2ccccn2)nc(C)n1. The minimum Gasteiger partial charge on any atom is -0.373 e. The first-order valence-electron chi connectivity index (χ1n) is 5.83. The molecule has 0 spiro atoms. The van der Waals surface area contributed by atoms with Crippen molar-refractivity contribution in [2.24, 2.45) is 0 Å². The second-order valence-corrected chi connectivity index (χ2v) is 4.09. The molecule has 0 atom stereocenters. The van der Waals surface area contributed by atoms with Crippen LogP contribution in [0.4, 0.5) is 11.6 Å². The molecule has 0 aliphatic carbocycles. The molecular formula is C13H17N5. The largest absolute Gasteiger partial charge is 0.373 e. The van der Waals surface area contributed by atoms with Gasteiger partial charge in [-0.25, -0.2) is 9.97 Å². The normalized spacial score (nSPS) is 10.2. The fourth-order valence-corrected chi connectivity index (χ4v) is 1.69. The average molecular weight is 243 g/mol. The molecule has 94 valence electrons. The van der Waals surface area contributed by atoms with Crippen LogP contribution in [0.5, 0.6) is 0 Å². The van der Waals surface area contributed by atoms with E-state index in [4.69, 9.17) is 0 Å². The lowest BCUT2D eigenvalue weighted by Gasteiger charge is -2.18. The molecule has 2 aromatic rings. The third-order valence-electron chi connectivity index (χ3n) is 2.60. The highest BCUT2D eigenvalue weighted by Gasteiger charge is 2.07. The van der Waals surface area contributed by atoms with Gasteiger partial charge in [-0.05, 0) is 19.1 Å². The molecule has 18 heavy (non-hydrogen) atoms. The number of nitrogens with one attached hydrogen (secondary N) is 1. The Hall–Kier alpha value is -2.17. The summed E-state index contributed by atoms with van der Waals surface area (Å²) in [5.41, 5.74) is 1.02. The second-order valence-electron chi connectivity index (χ2n) is 4.09. The molecule has 0 amide bonds. The Bertz CT molecular complexity index is 512. The summed E-state index contributed by atoms with van der Waals surface area (Å²) in [6.07, 6.45) is 1.80. The summed E-state index contributed by atoms with van der Waals surface area (Å²) in [5, 5.41) is 3.03. The van der Waals surface area contributed by atoms with E-state index in [9.17, 15) is 0 Å². The lowest BCUT2D eigenvalue weighted by Crippen LogP contribution is -2.19. The fraction of sp³-hybridized carbons (Fsp3) is 0.308. The van der Waals surface area contributed by atoms with Gasteiger partial charge in [0.2, 0.25) is 0 Å². The smallest absolute Gasteiger partial charge is 0.134 e. The van der Waals surface area contributed by atoms with Crippen molar-refractivity contribution in [3.63, 3.8) is 0 Å². The summed E-state index contributed by atoms with van der Waals surface area (Å²) in [7, 11) is 3.85. The van der Waals surface area contributed by atoms with E-state index in [1.54, 1.807) is 6.20 Å². The van der Waals surface area contributed by atoms with E-state index in [-0.39, 0.29) is 0 Å². The van der Waals surface area contributed by atoms with Gasteiger partial charge in [0.25, 0.3) is 0 Å². The first kappa shape index (κ1) is 12.3. The molecule has 0 fully saturated rings. The zero-order chi connectivity index (χ0) is 13.0.